The molecule has 1 fully saturated rings. The van der Waals surface area contributed by atoms with E-state index in [1.54, 1.807) is 31.2 Å². The average molecular weight is 463 g/mol. The van der Waals surface area contributed by atoms with Crippen molar-refractivity contribution in [1.29, 1.82) is 0 Å². The molecule has 0 saturated carbocycles. The zero-order valence-corrected chi connectivity index (χ0v) is 18.2. The van der Waals surface area contributed by atoms with Crippen LogP contribution in [0.25, 0.3) is 11.4 Å². The maximum atomic E-state index is 12.6. The van der Waals surface area contributed by atoms with E-state index in [1.807, 2.05) is 0 Å². The molecule has 162 valence electrons. The van der Waals surface area contributed by atoms with E-state index in [0.29, 0.717) is 33.6 Å². The van der Waals surface area contributed by atoms with E-state index in [-0.39, 0.29) is 37.1 Å². The Morgan fingerprint density at radius 3 is 2.58 bits per heavy atom. The summed E-state index contributed by atoms with van der Waals surface area (Å²) < 4.78 is 34.1. The van der Waals surface area contributed by atoms with Gasteiger partial charge in [0, 0.05) is 31.5 Å². The second kappa shape index (κ2) is 8.64. The Morgan fingerprint density at radius 1 is 1.16 bits per heavy atom. The molecular formula is C20H19ClN4O5S. The third-order valence-corrected chi connectivity index (χ3v) is 6.77. The standard InChI is InChI=1S/C20H19ClN4O5S/c1-13-16(19(24-30-13)17-4-3-15(21)11-22-17)12-29-18-5-2-14(10-23-18)20(26)25-6-8-31(27,28)9-7-25/h2-5,10-11H,6-9,12H2,1H3. The summed E-state index contributed by atoms with van der Waals surface area (Å²) in [5, 5.41) is 4.57. The molecule has 1 aliphatic heterocycles. The van der Waals surface area contributed by atoms with Crippen molar-refractivity contribution in [3.8, 4) is 17.3 Å². The van der Waals surface area contributed by atoms with Crippen LogP contribution in [0.4, 0.5) is 0 Å². The van der Waals surface area contributed by atoms with Crippen LogP contribution >= 0.6 is 11.6 Å². The van der Waals surface area contributed by atoms with Gasteiger partial charge < -0.3 is 14.2 Å². The molecular weight excluding hydrogens is 444 g/mol. The van der Waals surface area contributed by atoms with Gasteiger partial charge in [0.05, 0.1) is 33.3 Å². The van der Waals surface area contributed by atoms with E-state index in [1.165, 1.54) is 17.3 Å². The van der Waals surface area contributed by atoms with Crippen molar-refractivity contribution in [2.45, 2.75) is 13.5 Å². The second-order valence-electron chi connectivity index (χ2n) is 7.05. The number of carbonyl (C=O) groups is 1. The van der Waals surface area contributed by atoms with Gasteiger partial charge in [0.2, 0.25) is 5.88 Å². The summed E-state index contributed by atoms with van der Waals surface area (Å²) in [6, 6.07) is 6.66. The van der Waals surface area contributed by atoms with Crippen LogP contribution in [0, 0.1) is 6.92 Å². The molecule has 0 spiro atoms. The number of ether oxygens (including phenoxy) is 1. The lowest BCUT2D eigenvalue weighted by molar-refractivity contribution is 0.0769. The first-order chi connectivity index (χ1) is 14.8. The molecule has 11 heteroatoms. The Kier molecular flexibility index (Phi) is 5.92. The van der Waals surface area contributed by atoms with Crippen LogP contribution in [-0.4, -0.2) is 58.9 Å². The third kappa shape index (κ3) is 4.86. The monoisotopic (exact) mass is 462 g/mol. The van der Waals surface area contributed by atoms with Crippen LogP contribution in [0.2, 0.25) is 5.02 Å². The molecule has 31 heavy (non-hydrogen) atoms. The third-order valence-electron chi connectivity index (χ3n) is 4.93. The summed E-state index contributed by atoms with van der Waals surface area (Å²) in [7, 11) is -3.05. The maximum Gasteiger partial charge on any atom is 0.255 e. The fourth-order valence-electron chi connectivity index (χ4n) is 3.11. The number of rotatable bonds is 5. The average Bonchev–Trinajstić information content (AvgIpc) is 3.13. The van der Waals surface area contributed by atoms with Crippen LogP contribution < -0.4 is 4.74 Å². The molecule has 1 saturated heterocycles. The molecule has 0 radical (unpaired) electrons. The molecule has 1 amide bonds. The van der Waals surface area contributed by atoms with E-state index in [4.69, 9.17) is 20.9 Å². The number of hydrogen-bond donors (Lipinski definition) is 0. The number of amides is 1. The van der Waals surface area contributed by atoms with E-state index in [2.05, 4.69) is 15.1 Å². The Morgan fingerprint density at radius 2 is 1.94 bits per heavy atom. The highest BCUT2D eigenvalue weighted by Crippen LogP contribution is 2.25. The lowest BCUT2D eigenvalue weighted by atomic mass is 10.1. The summed E-state index contributed by atoms with van der Waals surface area (Å²) in [6.07, 6.45) is 2.95. The number of hydrogen-bond acceptors (Lipinski definition) is 8. The number of pyridine rings is 2. The molecule has 9 nitrogen and oxygen atoms in total. The first kappa shape index (κ1) is 21.3. The highest BCUT2D eigenvalue weighted by molar-refractivity contribution is 7.91. The second-order valence-corrected chi connectivity index (χ2v) is 9.79. The summed E-state index contributed by atoms with van der Waals surface area (Å²) in [5.41, 5.74) is 2.27. The largest absolute Gasteiger partial charge is 0.473 e. The molecule has 0 aliphatic carbocycles. The molecule has 0 bridgehead atoms. The van der Waals surface area contributed by atoms with Gasteiger partial charge in [-0.1, -0.05) is 16.8 Å². The zero-order chi connectivity index (χ0) is 22.0. The zero-order valence-electron chi connectivity index (χ0n) is 16.6. The molecule has 3 aromatic rings. The van der Waals surface area contributed by atoms with Crippen LogP contribution in [0.1, 0.15) is 21.7 Å². The predicted octanol–water partition coefficient (Wildman–Crippen LogP) is 2.54. The fraction of sp³-hybridized carbons (Fsp3) is 0.300. The number of nitrogens with zero attached hydrogens (tertiary/aromatic N) is 4. The Balaban J connectivity index is 1.42. The van der Waals surface area contributed by atoms with E-state index in [0.717, 1.165) is 5.56 Å². The molecule has 1 aliphatic rings. The summed E-state index contributed by atoms with van der Waals surface area (Å²) in [4.78, 5) is 22.5. The van der Waals surface area contributed by atoms with Crippen molar-refractivity contribution in [3.63, 3.8) is 0 Å². The minimum Gasteiger partial charge on any atom is -0.473 e. The molecule has 0 N–H and O–H groups in total. The highest BCUT2D eigenvalue weighted by Gasteiger charge is 2.26. The number of aromatic nitrogens is 3. The quantitative estimate of drug-likeness (QED) is 0.568. The van der Waals surface area contributed by atoms with Crippen molar-refractivity contribution in [2.24, 2.45) is 0 Å². The van der Waals surface area contributed by atoms with Gasteiger partial charge in [-0.2, -0.15) is 0 Å². The summed E-state index contributed by atoms with van der Waals surface area (Å²) >= 11 is 5.89. The molecule has 0 atom stereocenters. The van der Waals surface area contributed by atoms with Gasteiger partial charge >= 0.3 is 0 Å². The Hall–Kier alpha value is -2.98. The van der Waals surface area contributed by atoms with E-state index >= 15 is 0 Å². The van der Waals surface area contributed by atoms with Gasteiger partial charge in [-0.25, -0.2) is 13.4 Å². The van der Waals surface area contributed by atoms with Crippen LogP contribution in [0.15, 0.2) is 41.2 Å². The number of aryl methyl sites for hydroxylation is 1. The first-order valence-corrected chi connectivity index (χ1v) is 11.7. The van der Waals surface area contributed by atoms with Gasteiger partial charge in [0.25, 0.3) is 5.91 Å². The normalized spacial score (nSPS) is 15.6. The van der Waals surface area contributed by atoms with Crippen molar-refractivity contribution in [1.82, 2.24) is 20.0 Å². The van der Waals surface area contributed by atoms with Crippen LogP contribution in [0.3, 0.4) is 0 Å². The van der Waals surface area contributed by atoms with Gasteiger partial charge in [0.1, 0.15) is 18.1 Å². The smallest absolute Gasteiger partial charge is 0.255 e. The summed E-state index contributed by atoms with van der Waals surface area (Å²) in [6.45, 7) is 2.31. The fourth-order valence-corrected chi connectivity index (χ4v) is 4.43. The number of halogens is 1. The van der Waals surface area contributed by atoms with Crippen molar-refractivity contribution >= 4 is 27.3 Å². The molecule has 4 heterocycles. The molecule has 0 unspecified atom stereocenters. The van der Waals surface area contributed by atoms with Gasteiger partial charge in [-0.15, -0.1) is 0 Å². The minimum atomic E-state index is -3.05. The van der Waals surface area contributed by atoms with Crippen LogP contribution in [-0.2, 0) is 16.4 Å². The highest BCUT2D eigenvalue weighted by atomic mass is 35.5. The number of sulfone groups is 1. The van der Waals surface area contributed by atoms with Crippen molar-refractivity contribution in [3.05, 3.63) is 58.6 Å². The lowest BCUT2D eigenvalue weighted by Gasteiger charge is -2.26. The number of carbonyl (C=O) groups excluding carboxylic acids is 1. The van der Waals surface area contributed by atoms with Gasteiger partial charge in [-0.3, -0.25) is 9.78 Å². The maximum absolute atomic E-state index is 12.6. The Labute approximate surface area is 183 Å². The van der Waals surface area contributed by atoms with Crippen molar-refractivity contribution in [2.75, 3.05) is 24.6 Å². The first-order valence-electron chi connectivity index (χ1n) is 9.48. The van der Waals surface area contributed by atoms with Crippen LogP contribution in [0.5, 0.6) is 5.88 Å². The predicted molar refractivity (Wildman–Crippen MR) is 113 cm³/mol. The van der Waals surface area contributed by atoms with Crippen molar-refractivity contribution < 1.29 is 22.5 Å². The van der Waals surface area contributed by atoms with Gasteiger partial charge in [-0.05, 0) is 25.1 Å². The molecule has 3 aromatic heterocycles. The lowest BCUT2D eigenvalue weighted by Crippen LogP contribution is -2.43. The molecule has 0 aromatic carbocycles. The topological polar surface area (TPSA) is 115 Å². The summed E-state index contributed by atoms with van der Waals surface area (Å²) in [5.74, 6) is 0.638. The van der Waals surface area contributed by atoms with E-state index < -0.39 is 9.84 Å². The minimum absolute atomic E-state index is 0.0176. The van der Waals surface area contributed by atoms with E-state index in [9.17, 15) is 13.2 Å². The SMILES string of the molecule is Cc1onc(-c2ccc(Cl)cn2)c1COc1ccc(C(=O)N2CCS(=O)(=O)CC2)cn1. The molecule has 4 rings (SSSR count). The Bertz CT molecular complexity index is 1180. The van der Waals surface area contributed by atoms with Gasteiger partial charge in [0.15, 0.2) is 9.84 Å².